The Labute approximate surface area is 122 Å². The number of aliphatic hydroxyl groups is 1. The molecule has 0 aromatic carbocycles. The van der Waals surface area contributed by atoms with E-state index in [0.717, 1.165) is 25.9 Å². The smallest absolute Gasteiger partial charge is 0.261 e. The molecule has 0 saturated carbocycles. The van der Waals surface area contributed by atoms with E-state index in [1.54, 1.807) is 13.0 Å². The van der Waals surface area contributed by atoms with Crippen LogP contribution in [-0.4, -0.2) is 33.1 Å². The maximum absolute atomic E-state index is 12.3. The van der Waals surface area contributed by atoms with E-state index in [-0.39, 0.29) is 5.56 Å². The maximum Gasteiger partial charge on any atom is 0.261 e. The number of H-pyrrole nitrogens is 1. The second-order valence-corrected chi connectivity index (χ2v) is 5.65. The molecule has 2 N–H and O–H groups in total. The van der Waals surface area contributed by atoms with Crippen LogP contribution in [0, 0.1) is 6.92 Å². The molecule has 3 rings (SSSR count). The van der Waals surface area contributed by atoms with Crippen molar-refractivity contribution in [1.29, 1.82) is 0 Å². The lowest BCUT2D eigenvalue weighted by atomic mass is 10.1. The summed E-state index contributed by atoms with van der Waals surface area (Å²) in [5.74, 6) is 0.601. The summed E-state index contributed by atoms with van der Waals surface area (Å²) >= 11 is 0. The number of aromatic amines is 1. The van der Waals surface area contributed by atoms with Crippen molar-refractivity contribution in [2.75, 3.05) is 18.0 Å². The van der Waals surface area contributed by atoms with Gasteiger partial charge in [0.25, 0.3) is 5.56 Å². The highest BCUT2D eigenvalue weighted by Crippen LogP contribution is 2.21. The molecule has 1 aliphatic heterocycles. The fraction of sp³-hybridized carbons (Fsp3) is 0.533. The normalized spacial score (nSPS) is 17.2. The van der Waals surface area contributed by atoms with E-state index in [1.165, 1.54) is 6.42 Å². The molecule has 1 fully saturated rings. The molecule has 1 atom stereocenters. The number of nitrogens with zero attached hydrogens (tertiary/aromatic N) is 3. The largest absolute Gasteiger partial charge is 0.389 e. The summed E-state index contributed by atoms with van der Waals surface area (Å²) in [7, 11) is 0. The Morgan fingerprint density at radius 2 is 2.00 bits per heavy atom. The average Bonchev–Trinajstić information content (AvgIpc) is 2.47. The molecule has 1 aliphatic rings. The molecule has 21 heavy (non-hydrogen) atoms. The summed E-state index contributed by atoms with van der Waals surface area (Å²) in [6.07, 6.45) is 2.82. The minimum absolute atomic E-state index is 0.199. The molecule has 0 spiro atoms. The lowest BCUT2D eigenvalue weighted by molar-refractivity contribution is 0.198. The first kappa shape index (κ1) is 14.0. The Hall–Kier alpha value is -1.95. The van der Waals surface area contributed by atoms with Crippen LogP contribution in [-0.2, 0) is 0 Å². The van der Waals surface area contributed by atoms with Crippen molar-refractivity contribution in [2.24, 2.45) is 0 Å². The molecule has 1 saturated heterocycles. The molecular weight excluding hydrogens is 268 g/mol. The van der Waals surface area contributed by atoms with E-state index in [1.807, 2.05) is 6.92 Å². The molecular formula is C15H20N4O2. The molecule has 0 radical (unpaired) electrons. The third kappa shape index (κ3) is 2.63. The minimum Gasteiger partial charge on any atom is -0.389 e. The van der Waals surface area contributed by atoms with E-state index >= 15 is 0 Å². The standard InChI is InChI=1S/C15H20N4O2/c1-9-11(10(2)20)8-12-13(16-9)17-15(18-14(12)21)19-6-4-3-5-7-19/h8,10,20H,3-7H2,1-2H3,(H,16,17,18,21). The van der Waals surface area contributed by atoms with Crippen molar-refractivity contribution in [3.8, 4) is 0 Å². The SMILES string of the molecule is Cc1nc2nc(N3CCCCC3)[nH]c(=O)c2cc1C(C)O. The Balaban J connectivity index is 2.11. The second kappa shape index (κ2) is 5.44. The van der Waals surface area contributed by atoms with Crippen LogP contribution in [0.1, 0.15) is 43.5 Å². The molecule has 112 valence electrons. The number of aromatic nitrogens is 3. The predicted molar refractivity (Wildman–Crippen MR) is 81.6 cm³/mol. The predicted octanol–water partition coefficient (Wildman–Crippen LogP) is 1.67. The highest BCUT2D eigenvalue weighted by Gasteiger charge is 2.16. The Morgan fingerprint density at radius 1 is 1.29 bits per heavy atom. The molecule has 3 heterocycles. The van der Waals surface area contributed by atoms with Crippen molar-refractivity contribution in [3.05, 3.63) is 27.7 Å². The monoisotopic (exact) mass is 288 g/mol. The van der Waals surface area contributed by atoms with E-state index in [9.17, 15) is 9.90 Å². The van der Waals surface area contributed by atoms with E-state index < -0.39 is 6.10 Å². The van der Waals surface area contributed by atoms with Gasteiger partial charge in [0.2, 0.25) is 5.95 Å². The third-order valence-electron chi connectivity index (χ3n) is 4.02. The fourth-order valence-corrected chi connectivity index (χ4v) is 2.84. The van der Waals surface area contributed by atoms with Gasteiger partial charge in [0.15, 0.2) is 5.65 Å². The van der Waals surface area contributed by atoms with E-state index in [0.29, 0.717) is 28.2 Å². The zero-order valence-electron chi connectivity index (χ0n) is 12.4. The van der Waals surface area contributed by atoms with Gasteiger partial charge in [0.05, 0.1) is 11.5 Å². The molecule has 6 nitrogen and oxygen atoms in total. The van der Waals surface area contributed by atoms with Crippen LogP contribution < -0.4 is 10.5 Å². The first-order valence-corrected chi connectivity index (χ1v) is 7.41. The average molecular weight is 288 g/mol. The summed E-state index contributed by atoms with van der Waals surface area (Å²) in [6.45, 7) is 5.32. The van der Waals surface area contributed by atoms with Gasteiger partial charge in [-0.3, -0.25) is 9.78 Å². The lowest BCUT2D eigenvalue weighted by Crippen LogP contribution is -2.32. The summed E-state index contributed by atoms with van der Waals surface area (Å²) in [5, 5.41) is 10.2. The Bertz CT molecular complexity index is 717. The highest BCUT2D eigenvalue weighted by atomic mass is 16.3. The molecule has 0 aliphatic carbocycles. The minimum atomic E-state index is -0.650. The van der Waals surface area contributed by atoms with Crippen LogP contribution in [0.15, 0.2) is 10.9 Å². The molecule has 0 amide bonds. The summed E-state index contributed by atoms with van der Waals surface area (Å²) in [6, 6.07) is 1.69. The van der Waals surface area contributed by atoms with Gasteiger partial charge >= 0.3 is 0 Å². The van der Waals surface area contributed by atoms with Gasteiger partial charge < -0.3 is 10.0 Å². The molecule has 2 aromatic rings. The van der Waals surface area contributed by atoms with Crippen molar-refractivity contribution < 1.29 is 5.11 Å². The number of rotatable bonds is 2. The topological polar surface area (TPSA) is 82.1 Å². The van der Waals surface area contributed by atoms with Crippen LogP contribution in [0.3, 0.4) is 0 Å². The zero-order chi connectivity index (χ0) is 15.0. The number of aryl methyl sites for hydroxylation is 1. The molecule has 2 aromatic heterocycles. The third-order valence-corrected chi connectivity index (χ3v) is 4.02. The van der Waals surface area contributed by atoms with E-state index in [4.69, 9.17) is 0 Å². The van der Waals surface area contributed by atoms with Crippen molar-refractivity contribution in [2.45, 2.75) is 39.2 Å². The van der Waals surface area contributed by atoms with Gasteiger partial charge in [-0.2, -0.15) is 4.98 Å². The van der Waals surface area contributed by atoms with Crippen LogP contribution >= 0.6 is 0 Å². The van der Waals surface area contributed by atoms with Crippen molar-refractivity contribution in [3.63, 3.8) is 0 Å². The van der Waals surface area contributed by atoms with Gasteiger partial charge in [-0.15, -0.1) is 0 Å². The van der Waals surface area contributed by atoms with Crippen LogP contribution in [0.2, 0.25) is 0 Å². The molecule has 0 bridgehead atoms. The summed E-state index contributed by atoms with van der Waals surface area (Å²) < 4.78 is 0. The summed E-state index contributed by atoms with van der Waals surface area (Å²) in [4.78, 5) is 26.1. The fourth-order valence-electron chi connectivity index (χ4n) is 2.84. The molecule has 6 heteroatoms. The maximum atomic E-state index is 12.3. The van der Waals surface area contributed by atoms with Gasteiger partial charge in [-0.1, -0.05) is 0 Å². The number of anilines is 1. The van der Waals surface area contributed by atoms with Gasteiger partial charge in [-0.05, 0) is 39.2 Å². The van der Waals surface area contributed by atoms with Crippen LogP contribution in [0.25, 0.3) is 11.0 Å². The molecule has 1 unspecified atom stereocenters. The van der Waals surface area contributed by atoms with Gasteiger partial charge in [0, 0.05) is 24.3 Å². The Morgan fingerprint density at radius 3 is 2.67 bits per heavy atom. The summed E-state index contributed by atoms with van der Waals surface area (Å²) in [5.41, 5.74) is 1.62. The lowest BCUT2D eigenvalue weighted by Gasteiger charge is -2.27. The number of aliphatic hydroxyl groups excluding tert-OH is 1. The first-order valence-electron chi connectivity index (χ1n) is 7.41. The number of fused-ring (bicyclic) bond motifs is 1. The number of nitrogens with one attached hydrogen (secondary N) is 1. The second-order valence-electron chi connectivity index (χ2n) is 5.65. The number of hydrogen-bond acceptors (Lipinski definition) is 5. The number of pyridine rings is 1. The van der Waals surface area contributed by atoms with Crippen LogP contribution in [0.4, 0.5) is 5.95 Å². The van der Waals surface area contributed by atoms with Crippen molar-refractivity contribution >= 4 is 17.0 Å². The number of piperidine rings is 1. The Kier molecular flexibility index (Phi) is 3.63. The van der Waals surface area contributed by atoms with Gasteiger partial charge in [0.1, 0.15) is 0 Å². The quantitative estimate of drug-likeness (QED) is 0.878. The first-order chi connectivity index (χ1) is 10.1. The highest BCUT2D eigenvalue weighted by molar-refractivity contribution is 5.76. The van der Waals surface area contributed by atoms with Crippen LogP contribution in [0.5, 0.6) is 0 Å². The van der Waals surface area contributed by atoms with Crippen molar-refractivity contribution in [1.82, 2.24) is 15.0 Å². The zero-order valence-corrected chi connectivity index (χ0v) is 12.4. The van der Waals surface area contributed by atoms with Gasteiger partial charge in [-0.25, -0.2) is 4.98 Å². The number of hydrogen-bond donors (Lipinski definition) is 2. The van der Waals surface area contributed by atoms with E-state index in [2.05, 4.69) is 19.9 Å².